The van der Waals surface area contributed by atoms with Gasteiger partial charge in [-0.1, -0.05) is 6.07 Å². The van der Waals surface area contributed by atoms with Crippen molar-refractivity contribution in [3.8, 4) is 5.75 Å². The van der Waals surface area contributed by atoms with E-state index in [1.54, 1.807) is 0 Å². The smallest absolute Gasteiger partial charge is 0.133 e. The molecule has 0 fully saturated rings. The van der Waals surface area contributed by atoms with E-state index >= 15 is 0 Å². The van der Waals surface area contributed by atoms with E-state index in [9.17, 15) is 5.11 Å². The highest BCUT2D eigenvalue weighted by Crippen LogP contribution is 2.35. The Bertz CT molecular complexity index is 401. The fourth-order valence-electron chi connectivity index (χ4n) is 2.36. The number of hydrogen-bond acceptors (Lipinski definition) is 2. The van der Waals surface area contributed by atoms with Gasteiger partial charge >= 0.3 is 0 Å². The molecule has 0 aliphatic heterocycles. The van der Waals surface area contributed by atoms with E-state index in [0.717, 1.165) is 22.1 Å². The molecule has 3 heteroatoms. The largest absolute Gasteiger partial charge is 0.506 e. The molecule has 1 aromatic rings. The van der Waals surface area contributed by atoms with Crippen LogP contribution in [0.25, 0.3) is 0 Å². The molecule has 1 aliphatic rings. The molecule has 0 unspecified atom stereocenters. The summed E-state index contributed by atoms with van der Waals surface area (Å²) in [4.78, 5) is 2.10. The summed E-state index contributed by atoms with van der Waals surface area (Å²) in [5.41, 5.74) is 3.90. The maximum Gasteiger partial charge on any atom is 0.133 e. The standard InChI is InChI=1S/C13H18INO/c1-15(2)8-10-7-9-5-3-4-6-11(9)12(14)13(10)16/h7,16H,3-6,8H2,1-2H3. The Kier molecular flexibility index (Phi) is 3.74. The first-order valence-corrected chi connectivity index (χ1v) is 6.84. The van der Waals surface area contributed by atoms with E-state index in [4.69, 9.17) is 0 Å². The van der Waals surface area contributed by atoms with Gasteiger partial charge in [-0.2, -0.15) is 0 Å². The van der Waals surface area contributed by atoms with Gasteiger partial charge in [0.1, 0.15) is 5.75 Å². The molecule has 2 nitrogen and oxygen atoms in total. The monoisotopic (exact) mass is 331 g/mol. The second-order valence-electron chi connectivity index (χ2n) is 4.78. The number of fused-ring (bicyclic) bond motifs is 1. The minimum atomic E-state index is 0.495. The summed E-state index contributed by atoms with van der Waals surface area (Å²) in [6, 6.07) is 2.20. The fraction of sp³-hybridized carbons (Fsp3) is 0.538. The Labute approximate surface area is 111 Å². The Morgan fingerprint density at radius 1 is 1.31 bits per heavy atom. The summed E-state index contributed by atoms with van der Waals surface area (Å²) in [6.07, 6.45) is 4.85. The second-order valence-corrected chi connectivity index (χ2v) is 5.86. The molecule has 0 heterocycles. The molecule has 0 aromatic heterocycles. The Morgan fingerprint density at radius 3 is 2.69 bits per heavy atom. The summed E-state index contributed by atoms with van der Waals surface area (Å²) >= 11 is 2.29. The molecule has 0 amide bonds. The van der Waals surface area contributed by atoms with Gasteiger partial charge in [-0.25, -0.2) is 0 Å². The highest BCUT2D eigenvalue weighted by molar-refractivity contribution is 14.1. The molecule has 0 saturated heterocycles. The molecule has 88 valence electrons. The number of phenolic OH excluding ortho intramolecular Hbond substituents is 1. The van der Waals surface area contributed by atoms with Crippen LogP contribution < -0.4 is 0 Å². The predicted molar refractivity (Wildman–Crippen MR) is 74.9 cm³/mol. The number of aryl methyl sites for hydroxylation is 1. The minimum absolute atomic E-state index is 0.495. The van der Waals surface area contributed by atoms with E-state index in [-0.39, 0.29) is 0 Å². The summed E-state index contributed by atoms with van der Waals surface area (Å²) in [7, 11) is 4.07. The second kappa shape index (κ2) is 4.92. The van der Waals surface area contributed by atoms with Crippen LogP contribution >= 0.6 is 22.6 Å². The fourth-order valence-corrected chi connectivity index (χ4v) is 3.32. The van der Waals surface area contributed by atoms with Gasteiger partial charge in [0.15, 0.2) is 0 Å². The lowest BCUT2D eigenvalue weighted by molar-refractivity contribution is 0.384. The molecular formula is C13H18INO. The highest BCUT2D eigenvalue weighted by atomic mass is 127. The Morgan fingerprint density at radius 2 is 2.00 bits per heavy atom. The molecular weight excluding hydrogens is 313 g/mol. The first kappa shape index (κ1) is 12.2. The van der Waals surface area contributed by atoms with E-state index in [1.807, 2.05) is 14.1 Å². The number of halogens is 1. The predicted octanol–water partition coefficient (Wildman–Crippen LogP) is 2.94. The summed E-state index contributed by atoms with van der Waals surface area (Å²) in [5.74, 6) is 0.495. The number of benzene rings is 1. The lowest BCUT2D eigenvalue weighted by atomic mass is 9.90. The van der Waals surface area contributed by atoms with Crippen molar-refractivity contribution in [3.63, 3.8) is 0 Å². The topological polar surface area (TPSA) is 23.5 Å². The third kappa shape index (κ3) is 2.35. The minimum Gasteiger partial charge on any atom is -0.506 e. The van der Waals surface area contributed by atoms with Crippen LogP contribution in [0.1, 0.15) is 29.5 Å². The van der Waals surface area contributed by atoms with Gasteiger partial charge in [0.2, 0.25) is 0 Å². The Hall–Kier alpha value is -0.290. The SMILES string of the molecule is CN(C)Cc1cc2c(c(I)c1O)CCCC2. The quantitative estimate of drug-likeness (QED) is 0.843. The molecule has 0 saturated carbocycles. The van der Waals surface area contributed by atoms with Crippen molar-refractivity contribution >= 4 is 22.6 Å². The lowest BCUT2D eigenvalue weighted by Crippen LogP contribution is -2.13. The molecule has 0 atom stereocenters. The molecule has 16 heavy (non-hydrogen) atoms. The first-order chi connectivity index (χ1) is 7.59. The zero-order chi connectivity index (χ0) is 11.7. The average molecular weight is 331 g/mol. The number of phenols is 1. The molecule has 0 spiro atoms. The van der Waals surface area contributed by atoms with Crippen molar-refractivity contribution in [2.45, 2.75) is 32.2 Å². The maximum atomic E-state index is 10.2. The van der Waals surface area contributed by atoms with Crippen LogP contribution in [0.5, 0.6) is 5.75 Å². The van der Waals surface area contributed by atoms with Crippen LogP contribution in [0.3, 0.4) is 0 Å². The maximum absolute atomic E-state index is 10.2. The van der Waals surface area contributed by atoms with Crippen molar-refractivity contribution in [1.82, 2.24) is 4.90 Å². The van der Waals surface area contributed by atoms with Gasteiger partial charge in [-0.3, -0.25) is 0 Å². The summed E-state index contributed by atoms with van der Waals surface area (Å²) < 4.78 is 1.08. The van der Waals surface area contributed by atoms with Crippen molar-refractivity contribution in [3.05, 3.63) is 26.3 Å². The number of rotatable bonds is 2. The van der Waals surface area contributed by atoms with E-state index in [1.165, 1.54) is 30.4 Å². The first-order valence-electron chi connectivity index (χ1n) is 5.76. The number of aromatic hydroxyl groups is 1. The molecule has 1 N–H and O–H groups in total. The van der Waals surface area contributed by atoms with Crippen molar-refractivity contribution in [2.75, 3.05) is 14.1 Å². The van der Waals surface area contributed by atoms with Crippen LogP contribution in [0.2, 0.25) is 0 Å². The van der Waals surface area contributed by atoms with Crippen LogP contribution in [-0.2, 0) is 19.4 Å². The number of hydrogen-bond donors (Lipinski definition) is 1. The number of nitrogens with zero attached hydrogens (tertiary/aromatic N) is 1. The van der Waals surface area contributed by atoms with Gasteiger partial charge in [0.25, 0.3) is 0 Å². The van der Waals surface area contributed by atoms with Gasteiger partial charge in [-0.15, -0.1) is 0 Å². The lowest BCUT2D eigenvalue weighted by Gasteiger charge is -2.21. The van der Waals surface area contributed by atoms with Crippen LogP contribution in [0.4, 0.5) is 0 Å². The normalized spacial score (nSPS) is 15.2. The molecule has 1 aromatic carbocycles. The van der Waals surface area contributed by atoms with Crippen molar-refractivity contribution in [2.24, 2.45) is 0 Å². The molecule has 0 bridgehead atoms. The average Bonchev–Trinajstić information content (AvgIpc) is 2.25. The highest BCUT2D eigenvalue weighted by Gasteiger charge is 2.18. The van der Waals surface area contributed by atoms with Gasteiger partial charge in [0, 0.05) is 12.1 Å². The van der Waals surface area contributed by atoms with Gasteiger partial charge in [0.05, 0.1) is 3.57 Å². The van der Waals surface area contributed by atoms with Crippen LogP contribution in [0, 0.1) is 3.57 Å². The van der Waals surface area contributed by atoms with Gasteiger partial charge in [-0.05, 0) is 73.5 Å². The molecule has 2 rings (SSSR count). The zero-order valence-corrected chi connectivity index (χ0v) is 12.0. The van der Waals surface area contributed by atoms with Crippen molar-refractivity contribution in [1.29, 1.82) is 0 Å². The third-order valence-corrected chi connectivity index (χ3v) is 4.28. The third-order valence-electron chi connectivity index (χ3n) is 3.12. The summed E-state index contributed by atoms with van der Waals surface area (Å²) in [6.45, 7) is 0.815. The van der Waals surface area contributed by atoms with E-state index < -0.39 is 0 Å². The van der Waals surface area contributed by atoms with E-state index in [0.29, 0.717) is 5.75 Å². The van der Waals surface area contributed by atoms with Crippen LogP contribution in [0.15, 0.2) is 6.07 Å². The van der Waals surface area contributed by atoms with E-state index in [2.05, 4.69) is 33.6 Å². The summed E-state index contributed by atoms with van der Waals surface area (Å²) in [5, 5.41) is 10.2. The van der Waals surface area contributed by atoms with Crippen molar-refractivity contribution < 1.29 is 5.11 Å². The van der Waals surface area contributed by atoms with Crippen LogP contribution in [-0.4, -0.2) is 24.1 Å². The zero-order valence-electron chi connectivity index (χ0n) is 9.89. The molecule has 1 aliphatic carbocycles. The van der Waals surface area contributed by atoms with Gasteiger partial charge < -0.3 is 10.0 Å². The Balaban J connectivity index is 2.44. The molecule has 0 radical (unpaired) electrons.